The highest BCUT2D eigenvalue weighted by atomic mass is 16.2. The molecule has 1 unspecified atom stereocenters. The van der Waals surface area contributed by atoms with Gasteiger partial charge in [0.2, 0.25) is 5.91 Å². The Balaban J connectivity index is 1.96. The minimum Gasteiger partial charge on any atom is -0.348 e. The third kappa shape index (κ3) is 3.10. The zero-order valence-electron chi connectivity index (χ0n) is 11.2. The number of piperidine rings is 1. The van der Waals surface area contributed by atoms with E-state index in [1.165, 1.54) is 17.5 Å². The molecule has 1 amide bonds. The molecule has 0 spiro atoms. The van der Waals surface area contributed by atoms with Crippen molar-refractivity contribution in [2.45, 2.75) is 45.2 Å². The first-order valence-electron chi connectivity index (χ1n) is 6.78. The number of amides is 1. The second-order valence-electron chi connectivity index (χ2n) is 5.09. The van der Waals surface area contributed by atoms with Crippen LogP contribution in [-0.2, 0) is 4.79 Å². The molecule has 2 rings (SSSR count). The summed E-state index contributed by atoms with van der Waals surface area (Å²) in [6.07, 6.45) is 3.27. The minimum absolute atomic E-state index is 0.00906. The lowest BCUT2D eigenvalue weighted by molar-refractivity contribution is -0.124. The van der Waals surface area contributed by atoms with Crippen LogP contribution in [0.25, 0.3) is 0 Å². The molecule has 1 fully saturated rings. The van der Waals surface area contributed by atoms with E-state index in [-0.39, 0.29) is 18.0 Å². The summed E-state index contributed by atoms with van der Waals surface area (Å²) in [6.45, 7) is 5.08. The highest BCUT2D eigenvalue weighted by molar-refractivity contribution is 5.82. The summed E-state index contributed by atoms with van der Waals surface area (Å²) in [5.41, 5.74) is 2.42. The molecule has 1 aliphatic rings. The van der Waals surface area contributed by atoms with Crippen molar-refractivity contribution >= 4 is 5.91 Å². The van der Waals surface area contributed by atoms with Gasteiger partial charge < -0.3 is 10.6 Å². The molecule has 2 atom stereocenters. The molecule has 0 aromatic heterocycles. The van der Waals surface area contributed by atoms with Crippen molar-refractivity contribution in [2.24, 2.45) is 0 Å². The number of aryl methyl sites for hydroxylation is 1. The van der Waals surface area contributed by atoms with Gasteiger partial charge in [0, 0.05) is 0 Å². The smallest absolute Gasteiger partial charge is 0.237 e. The van der Waals surface area contributed by atoms with Crippen molar-refractivity contribution in [3.05, 3.63) is 35.4 Å². The van der Waals surface area contributed by atoms with Crippen LogP contribution < -0.4 is 10.6 Å². The number of carbonyl (C=O) groups is 1. The Kier molecular flexibility index (Phi) is 4.37. The lowest BCUT2D eigenvalue weighted by Crippen LogP contribution is -2.47. The quantitative estimate of drug-likeness (QED) is 0.859. The first kappa shape index (κ1) is 13.1. The van der Waals surface area contributed by atoms with Gasteiger partial charge in [0.15, 0.2) is 0 Å². The lowest BCUT2D eigenvalue weighted by Gasteiger charge is -2.25. The molecule has 0 aliphatic carbocycles. The molecule has 18 heavy (non-hydrogen) atoms. The topological polar surface area (TPSA) is 41.1 Å². The van der Waals surface area contributed by atoms with Crippen molar-refractivity contribution in [1.82, 2.24) is 10.6 Å². The minimum atomic E-state index is -0.00906. The molecule has 1 aliphatic heterocycles. The maximum atomic E-state index is 12.1. The van der Waals surface area contributed by atoms with Crippen molar-refractivity contribution in [3.63, 3.8) is 0 Å². The molecule has 3 nitrogen and oxygen atoms in total. The van der Waals surface area contributed by atoms with Gasteiger partial charge >= 0.3 is 0 Å². The van der Waals surface area contributed by atoms with Crippen LogP contribution in [0.15, 0.2) is 24.3 Å². The molecule has 0 bridgehead atoms. The van der Waals surface area contributed by atoms with Crippen LogP contribution in [0.3, 0.4) is 0 Å². The summed E-state index contributed by atoms with van der Waals surface area (Å²) in [7, 11) is 0. The van der Waals surface area contributed by atoms with Gasteiger partial charge in [0.05, 0.1) is 12.1 Å². The van der Waals surface area contributed by atoms with E-state index < -0.39 is 0 Å². The van der Waals surface area contributed by atoms with E-state index in [4.69, 9.17) is 0 Å². The van der Waals surface area contributed by atoms with Crippen molar-refractivity contribution in [2.75, 3.05) is 6.54 Å². The molecule has 0 saturated carbocycles. The number of rotatable bonds is 3. The molecule has 2 N–H and O–H groups in total. The average Bonchev–Trinajstić information content (AvgIpc) is 2.40. The van der Waals surface area contributed by atoms with E-state index in [2.05, 4.69) is 29.7 Å². The Bertz CT molecular complexity index is 411. The van der Waals surface area contributed by atoms with Crippen LogP contribution >= 0.6 is 0 Å². The zero-order valence-corrected chi connectivity index (χ0v) is 11.2. The lowest BCUT2D eigenvalue weighted by atomic mass is 10.0. The summed E-state index contributed by atoms with van der Waals surface area (Å²) in [6, 6.07) is 8.26. The SMILES string of the molecule is Cc1ccccc1C(C)NC(=O)[C@@H]1CCCCN1. The normalized spacial score (nSPS) is 21.3. The number of hydrogen-bond acceptors (Lipinski definition) is 2. The standard InChI is InChI=1S/C15H22N2O/c1-11-7-3-4-8-13(11)12(2)17-15(18)14-9-5-6-10-16-14/h3-4,7-8,12,14,16H,5-6,9-10H2,1-2H3,(H,17,18)/t12?,14-/m0/s1. The first-order valence-corrected chi connectivity index (χ1v) is 6.78. The van der Waals surface area contributed by atoms with Gasteiger partial charge in [-0.25, -0.2) is 0 Å². The van der Waals surface area contributed by atoms with E-state index in [1.54, 1.807) is 0 Å². The first-order chi connectivity index (χ1) is 8.68. The van der Waals surface area contributed by atoms with Gasteiger partial charge in [0.1, 0.15) is 0 Å². The van der Waals surface area contributed by atoms with Gasteiger partial charge in [-0.3, -0.25) is 4.79 Å². The zero-order chi connectivity index (χ0) is 13.0. The average molecular weight is 246 g/mol. The van der Waals surface area contributed by atoms with Crippen LogP contribution in [0.4, 0.5) is 0 Å². The number of hydrogen-bond donors (Lipinski definition) is 2. The highest BCUT2D eigenvalue weighted by Crippen LogP contribution is 2.17. The van der Waals surface area contributed by atoms with Crippen LogP contribution in [0.5, 0.6) is 0 Å². The maximum absolute atomic E-state index is 12.1. The number of nitrogens with one attached hydrogen (secondary N) is 2. The third-order valence-electron chi connectivity index (χ3n) is 3.64. The predicted octanol–water partition coefficient (Wildman–Crippen LogP) is 2.31. The van der Waals surface area contributed by atoms with Gasteiger partial charge in [0.25, 0.3) is 0 Å². The largest absolute Gasteiger partial charge is 0.348 e. The predicted molar refractivity (Wildman–Crippen MR) is 73.4 cm³/mol. The molecule has 98 valence electrons. The third-order valence-corrected chi connectivity index (χ3v) is 3.64. The van der Waals surface area contributed by atoms with E-state index >= 15 is 0 Å². The van der Waals surface area contributed by atoms with Gasteiger partial charge in [-0.15, -0.1) is 0 Å². The van der Waals surface area contributed by atoms with Crippen molar-refractivity contribution < 1.29 is 4.79 Å². The highest BCUT2D eigenvalue weighted by Gasteiger charge is 2.22. The monoisotopic (exact) mass is 246 g/mol. The molecule has 3 heteroatoms. The molecular weight excluding hydrogens is 224 g/mol. The molecule has 1 aromatic rings. The van der Waals surface area contributed by atoms with Crippen LogP contribution in [0, 0.1) is 6.92 Å². The Morgan fingerprint density at radius 3 is 2.83 bits per heavy atom. The Morgan fingerprint density at radius 1 is 1.39 bits per heavy atom. The molecule has 0 radical (unpaired) electrons. The Morgan fingerprint density at radius 2 is 2.17 bits per heavy atom. The summed E-state index contributed by atoms with van der Waals surface area (Å²) in [5, 5.41) is 6.38. The summed E-state index contributed by atoms with van der Waals surface area (Å²) in [4.78, 5) is 12.1. The fourth-order valence-electron chi connectivity index (χ4n) is 2.54. The second kappa shape index (κ2) is 6.01. The Labute approximate surface area is 109 Å². The van der Waals surface area contributed by atoms with Gasteiger partial charge in [-0.05, 0) is 44.4 Å². The molecular formula is C15H22N2O. The van der Waals surface area contributed by atoms with Crippen LogP contribution in [-0.4, -0.2) is 18.5 Å². The molecule has 1 heterocycles. The second-order valence-corrected chi connectivity index (χ2v) is 5.09. The fraction of sp³-hybridized carbons (Fsp3) is 0.533. The van der Waals surface area contributed by atoms with Crippen LogP contribution in [0.1, 0.15) is 43.4 Å². The Hall–Kier alpha value is -1.35. The summed E-state index contributed by atoms with van der Waals surface area (Å²) in [5.74, 6) is 0.130. The van der Waals surface area contributed by atoms with E-state index in [9.17, 15) is 4.79 Å². The van der Waals surface area contributed by atoms with E-state index in [0.29, 0.717) is 0 Å². The van der Waals surface area contributed by atoms with Gasteiger partial charge in [-0.2, -0.15) is 0 Å². The summed E-state index contributed by atoms with van der Waals surface area (Å²) < 4.78 is 0. The molecule has 1 aromatic carbocycles. The number of carbonyl (C=O) groups excluding carboxylic acids is 1. The fourth-order valence-corrected chi connectivity index (χ4v) is 2.54. The van der Waals surface area contributed by atoms with Crippen molar-refractivity contribution in [3.8, 4) is 0 Å². The number of benzene rings is 1. The maximum Gasteiger partial charge on any atom is 0.237 e. The molecule has 1 saturated heterocycles. The van der Waals surface area contributed by atoms with Crippen molar-refractivity contribution in [1.29, 1.82) is 0 Å². The van der Waals surface area contributed by atoms with Crippen LogP contribution in [0.2, 0.25) is 0 Å². The summed E-state index contributed by atoms with van der Waals surface area (Å²) >= 11 is 0. The van der Waals surface area contributed by atoms with Gasteiger partial charge in [-0.1, -0.05) is 30.7 Å². The van der Waals surface area contributed by atoms with E-state index in [0.717, 1.165) is 19.4 Å². The van der Waals surface area contributed by atoms with E-state index in [1.807, 2.05) is 19.1 Å².